The third-order valence-corrected chi connectivity index (χ3v) is 8.57. The summed E-state index contributed by atoms with van der Waals surface area (Å²) in [7, 11) is 3.35. The number of esters is 1. The van der Waals surface area contributed by atoms with Crippen LogP contribution in [0.15, 0.2) is 24.3 Å². The summed E-state index contributed by atoms with van der Waals surface area (Å²) in [4.78, 5) is 15.4. The van der Waals surface area contributed by atoms with Crippen LogP contribution in [0.1, 0.15) is 50.2 Å². The van der Waals surface area contributed by atoms with Crippen LogP contribution in [-0.2, 0) is 22.5 Å². The van der Waals surface area contributed by atoms with Gasteiger partial charge < -0.3 is 14.2 Å². The van der Waals surface area contributed by atoms with Gasteiger partial charge in [0.2, 0.25) is 0 Å². The first-order chi connectivity index (χ1) is 14.9. The Hall–Kier alpha value is -2.01. The molecule has 0 unspecified atom stereocenters. The van der Waals surface area contributed by atoms with Gasteiger partial charge in [-0.1, -0.05) is 19.1 Å². The molecule has 0 bridgehead atoms. The van der Waals surface area contributed by atoms with Crippen molar-refractivity contribution in [2.75, 3.05) is 27.3 Å². The zero-order chi connectivity index (χ0) is 21.8. The van der Waals surface area contributed by atoms with Gasteiger partial charge in [0.25, 0.3) is 0 Å². The minimum Gasteiger partial charge on any atom is -0.493 e. The number of hydrogen-bond acceptors (Lipinski definition) is 5. The molecule has 3 fully saturated rings. The highest BCUT2D eigenvalue weighted by molar-refractivity contribution is 5.75. The van der Waals surface area contributed by atoms with Crippen LogP contribution in [0.25, 0.3) is 0 Å². The second-order valence-electron chi connectivity index (χ2n) is 10.4. The molecule has 1 aromatic rings. The molecule has 2 aliphatic carbocycles. The van der Waals surface area contributed by atoms with Crippen LogP contribution < -0.4 is 9.47 Å². The first kappa shape index (κ1) is 20.9. The van der Waals surface area contributed by atoms with Gasteiger partial charge in [0.05, 0.1) is 20.1 Å². The molecule has 4 aliphatic rings. The third-order valence-electron chi connectivity index (χ3n) is 8.57. The van der Waals surface area contributed by atoms with E-state index in [2.05, 4.69) is 30.5 Å². The highest BCUT2D eigenvalue weighted by atomic mass is 16.6. The molecule has 0 amide bonds. The normalized spacial score (nSPS) is 35.1. The average molecular weight is 426 g/mol. The maximum atomic E-state index is 12.9. The SMILES string of the molecule is C=C1CCC[C@]2(C)C[C@H]3OC(=O)[C@@H](CN4CCc5cc(OC)c(OC)cc5C4)[C@H]3C[C@@H]12. The van der Waals surface area contributed by atoms with E-state index >= 15 is 0 Å². The fraction of sp³-hybridized carbons (Fsp3) is 0.654. The highest BCUT2D eigenvalue weighted by Crippen LogP contribution is 2.57. The predicted octanol–water partition coefficient (Wildman–Crippen LogP) is 4.38. The van der Waals surface area contributed by atoms with E-state index in [4.69, 9.17) is 14.2 Å². The van der Waals surface area contributed by atoms with Crippen molar-refractivity contribution in [1.82, 2.24) is 4.90 Å². The van der Waals surface area contributed by atoms with Crippen LogP contribution in [0.5, 0.6) is 11.5 Å². The number of carbonyl (C=O) groups excluding carboxylic acids is 1. The summed E-state index contributed by atoms with van der Waals surface area (Å²) in [5.74, 6) is 2.41. The molecule has 2 aliphatic heterocycles. The minimum absolute atomic E-state index is 0.0148. The Morgan fingerprint density at radius 3 is 2.68 bits per heavy atom. The Kier molecular flexibility index (Phi) is 5.28. The maximum absolute atomic E-state index is 12.9. The van der Waals surface area contributed by atoms with E-state index in [9.17, 15) is 4.79 Å². The molecule has 0 N–H and O–H groups in total. The summed E-state index contributed by atoms with van der Waals surface area (Å²) >= 11 is 0. The molecule has 5 nitrogen and oxygen atoms in total. The second-order valence-corrected chi connectivity index (χ2v) is 10.4. The van der Waals surface area contributed by atoms with Gasteiger partial charge in [0.15, 0.2) is 11.5 Å². The van der Waals surface area contributed by atoms with Gasteiger partial charge in [0, 0.05) is 25.6 Å². The van der Waals surface area contributed by atoms with Gasteiger partial charge >= 0.3 is 5.97 Å². The summed E-state index contributed by atoms with van der Waals surface area (Å²) in [5.41, 5.74) is 4.24. The van der Waals surface area contributed by atoms with Crippen LogP contribution in [0.2, 0.25) is 0 Å². The molecule has 1 saturated heterocycles. The van der Waals surface area contributed by atoms with Gasteiger partial charge in [-0.25, -0.2) is 0 Å². The highest BCUT2D eigenvalue weighted by Gasteiger charge is 2.55. The molecule has 2 saturated carbocycles. The number of methoxy groups -OCH3 is 2. The van der Waals surface area contributed by atoms with Crippen molar-refractivity contribution >= 4 is 5.97 Å². The lowest BCUT2D eigenvalue weighted by Crippen LogP contribution is -2.46. The minimum atomic E-state index is -0.0222. The maximum Gasteiger partial charge on any atom is 0.310 e. The van der Waals surface area contributed by atoms with Crippen molar-refractivity contribution < 1.29 is 19.0 Å². The fourth-order valence-corrected chi connectivity index (χ4v) is 6.84. The van der Waals surface area contributed by atoms with Crippen LogP contribution >= 0.6 is 0 Å². The second kappa shape index (κ2) is 7.84. The van der Waals surface area contributed by atoms with Gasteiger partial charge in [-0.15, -0.1) is 0 Å². The summed E-state index contributed by atoms with van der Waals surface area (Å²) in [5, 5.41) is 0. The van der Waals surface area contributed by atoms with Crippen LogP contribution in [0.4, 0.5) is 0 Å². The largest absolute Gasteiger partial charge is 0.493 e. The number of nitrogens with zero attached hydrogens (tertiary/aromatic N) is 1. The number of hydrogen-bond donors (Lipinski definition) is 0. The molecule has 1 aromatic carbocycles. The zero-order valence-corrected chi connectivity index (χ0v) is 19.1. The van der Waals surface area contributed by atoms with Crippen molar-refractivity contribution in [3.63, 3.8) is 0 Å². The Labute approximate surface area is 185 Å². The van der Waals surface area contributed by atoms with Crippen molar-refractivity contribution in [3.05, 3.63) is 35.4 Å². The van der Waals surface area contributed by atoms with E-state index in [-0.39, 0.29) is 23.4 Å². The topological polar surface area (TPSA) is 48.0 Å². The van der Waals surface area contributed by atoms with Crippen molar-refractivity contribution in [2.24, 2.45) is 23.2 Å². The standard InChI is InChI=1S/C26H35NO4/c1-16-6-5-8-26(2)13-24-19(12-21(16)26)20(25(28)31-24)15-27-9-7-17-10-22(29-3)23(30-4)11-18(17)14-27/h10-11,19-21,24H,1,5-9,12-15H2,2-4H3/t19-,20+,21+,24-,26-/m1/s1. The predicted molar refractivity (Wildman–Crippen MR) is 119 cm³/mol. The van der Waals surface area contributed by atoms with Crippen LogP contribution in [0.3, 0.4) is 0 Å². The molecule has 0 spiro atoms. The Bertz CT molecular complexity index is 896. The first-order valence-electron chi connectivity index (χ1n) is 11.8. The fourth-order valence-electron chi connectivity index (χ4n) is 6.84. The quantitative estimate of drug-likeness (QED) is 0.529. The molecule has 5 rings (SSSR count). The molecule has 168 valence electrons. The van der Waals surface area contributed by atoms with Gasteiger partial charge in [-0.05, 0) is 73.1 Å². The molecule has 31 heavy (non-hydrogen) atoms. The zero-order valence-electron chi connectivity index (χ0n) is 19.1. The van der Waals surface area contributed by atoms with Gasteiger partial charge in [0.1, 0.15) is 6.10 Å². The lowest BCUT2D eigenvalue weighted by molar-refractivity contribution is -0.146. The van der Waals surface area contributed by atoms with Crippen molar-refractivity contribution in [3.8, 4) is 11.5 Å². The van der Waals surface area contributed by atoms with Crippen LogP contribution in [0, 0.1) is 23.2 Å². The third kappa shape index (κ3) is 3.55. The van der Waals surface area contributed by atoms with Crippen LogP contribution in [-0.4, -0.2) is 44.3 Å². The number of carbonyl (C=O) groups is 1. The van der Waals surface area contributed by atoms with Crippen molar-refractivity contribution in [2.45, 2.75) is 58.1 Å². The number of fused-ring (bicyclic) bond motifs is 3. The molecule has 0 radical (unpaired) electrons. The van der Waals surface area contributed by atoms with E-state index in [1.165, 1.54) is 29.5 Å². The Balaban J connectivity index is 1.32. The van der Waals surface area contributed by atoms with Gasteiger partial charge in [-0.2, -0.15) is 0 Å². The summed E-state index contributed by atoms with van der Waals surface area (Å²) in [6, 6.07) is 4.19. The summed E-state index contributed by atoms with van der Waals surface area (Å²) < 4.78 is 16.9. The van der Waals surface area contributed by atoms with E-state index in [1.54, 1.807) is 14.2 Å². The van der Waals surface area contributed by atoms with Gasteiger partial charge in [-0.3, -0.25) is 9.69 Å². The number of allylic oxidation sites excluding steroid dienone is 1. The molecular weight excluding hydrogens is 390 g/mol. The molecular formula is C26H35NO4. The molecule has 2 heterocycles. The molecule has 5 atom stereocenters. The van der Waals surface area contributed by atoms with E-state index in [1.807, 2.05) is 0 Å². The smallest absolute Gasteiger partial charge is 0.310 e. The Morgan fingerprint density at radius 2 is 1.94 bits per heavy atom. The monoisotopic (exact) mass is 425 g/mol. The molecule has 5 heteroatoms. The lowest BCUT2D eigenvalue weighted by atomic mass is 9.55. The van der Waals surface area contributed by atoms with E-state index < -0.39 is 0 Å². The Morgan fingerprint density at radius 1 is 1.19 bits per heavy atom. The number of ether oxygens (including phenoxy) is 3. The number of rotatable bonds is 4. The molecule has 0 aromatic heterocycles. The van der Waals surface area contributed by atoms with Crippen molar-refractivity contribution in [1.29, 1.82) is 0 Å². The average Bonchev–Trinajstić information content (AvgIpc) is 3.04. The first-order valence-corrected chi connectivity index (χ1v) is 11.8. The lowest BCUT2D eigenvalue weighted by Gasteiger charge is -2.50. The summed E-state index contributed by atoms with van der Waals surface area (Å²) in [6.07, 6.45) is 6.72. The number of benzene rings is 1. The summed E-state index contributed by atoms with van der Waals surface area (Å²) in [6.45, 7) is 9.38. The van der Waals surface area contributed by atoms with E-state index in [0.29, 0.717) is 11.8 Å². The van der Waals surface area contributed by atoms with E-state index in [0.717, 1.165) is 56.8 Å².